The minimum atomic E-state index is -3.75. The van der Waals surface area contributed by atoms with Crippen LogP contribution in [0.1, 0.15) is 36.3 Å². The van der Waals surface area contributed by atoms with Gasteiger partial charge in [-0.15, -0.1) is 0 Å². The Labute approximate surface area is 109 Å². The number of alkyl halides is 2. The molecule has 1 aromatic heterocycles. The van der Waals surface area contributed by atoms with Crippen LogP contribution in [0.25, 0.3) is 0 Å². The van der Waals surface area contributed by atoms with Crippen molar-refractivity contribution in [3.05, 3.63) is 23.2 Å². The van der Waals surface area contributed by atoms with Crippen LogP contribution in [0.3, 0.4) is 0 Å². The maximum Gasteiger partial charge on any atom is 0.352 e. The highest BCUT2D eigenvalue weighted by atomic mass is 19.3. The summed E-state index contributed by atoms with van der Waals surface area (Å²) in [6, 6.07) is 1.69. The number of carbonyl (C=O) groups is 1. The lowest BCUT2D eigenvalue weighted by Crippen LogP contribution is -2.60. The zero-order valence-electron chi connectivity index (χ0n) is 10.9. The van der Waals surface area contributed by atoms with Gasteiger partial charge in [0.25, 0.3) is 5.91 Å². The van der Waals surface area contributed by atoms with Crippen molar-refractivity contribution in [3.63, 3.8) is 0 Å². The van der Waals surface area contributed by atoms with Crippen molar-refractivity contribution in [2.24, 2.45) is 0 Å². The monoisotopic (exact) mass is 273 g/mol. The summed E-state index contributed by atoms with van der Waals surface area (Å²) in [4.78, 5) is 11.5. The minimum absolute atomic E-state index is 0.0341. The van der Waals surface area contributed by atoms with Crippen molar-refractivity contribution in [3.8, 4) is 0 Å². The number of halogens is 2. The van der Waals surface area contributed by atoms with Crippen LogP contribution < -0.4 is 5.32 Å². The fourth-order valence-electron chi connectivity index (χ4n) is 2.18. The van der Waals surface area contributed by atoms with Crippen LogP contribution in [0.5, 0.6) is 0 Å². The normalized spacial score (nSPS) is 17.9. The number of hydrogen-bond donors (Lipinski definition) is 2. The summed E-state index contributed by atoms with van der Waals surface area (Å²) in [5, 5.41) is 11.8. The lowest BCUT2D eigenvalue weighted by atomic mass is 9.75. The van der Waals surface area contributed by atoms with Crippen LogP contribution >= 0.6 is 0 Å². The van der Waals surface area contributed by atoms with Gasteiger partial charge in [0.15, 0.2) is 0 Å². The molecule has 2 rings (SSSR count). The Kier molecular flexibility index (Phi) is 3.38. The first-order valence-corrected chi connectivity index (χ1v) is 6.21. The Morgan fingerprint density at radius 3 is 2.58 bits per heavy atom. The average molecular weight is 273 g/mol. The van der Waals surface area contributed by atoms with Gasteiger partial charge >= 0.3 is 5.92 Å². The third-order valence-electron chi connectivity index (χ3n) is 3.63. The van der Waals surface area contributed by atoms with E-state index in [1.165, 1.54) is 0 Å². The Hall–Kier alpha value is -1.43. The van der Waals surface area contributed by atoms with Crippen molar-refractivity contribution in [1.29, 1.82) is 0 Å². The number of aliphatic hydroxyl groups is 1. The second-order valence-electron chi connectivity index (χ2n) is 5.08. The Balaban J connectivity index is 1.99. The molecule has 19 heavy (non-hydrogen) atoms. The first-order chi connectivity index (χ1) is 8.76. The van der Waals surface area contributed by atoms with E-state index in [0.717, 1.165) is 0 Å². The van der Waals surface area contributed by atoms with Crippen LogP contribution in [0.4, 0.5) is 8.78 Å². The van der Waals surface area contributed by atoms with E-state index in [-0.39, 0.29) is 19.4 Å². The van der Waals surface area contributed by atoms with E-state index in [9.17, 15) is 18.7 Å². The molecule has 0 spiro atoms. The maximum atomic E-state index is 13.8. The number of nitrogens with one attached hydrogen (secondary N) is 1. The van der Waals surface area contributed by atoms with Gasteiger partial charge in [0.2, 0.25) is 0 Å². The van der Waals surface area contributed by atoms with Crippen molar-refractivity contribution in [2.45, 2.75) is 51.2 Å². The third-order valence-corrected chi connectivity index (χ3v) is 3.63. The second-order valence-corrected chi connectivity index (χ2v) is 5.08. The molecule has 1 heterocycles. The van der Waals surface area contributed by atoms with Crippen molar-refractivity contribution in [1.82, 2.24) is 5.32 Å². The van der Waals surface area contributed by atoms with Crippen LogP contribution in [-0.2, 0) is 11.3 Å². The van der Waals surface area contributed by atoms with Crippen LogP contribution in [0.2, 0.25) is 0 Å². The molecule has 0 aliphatic heterocycles. The Bertz CT molecular complexity index is 492. The molecule has 0 radical (unpaired) electrons. The van der Waals surface area contributed by atoms with Crippen LogP contribution in [0.15, 0.2) is 10.5 Å². The van der Waals surface area contributed by atoms with Gasteiger partial charge in [0.1, 0.15) is 17.1 Å². The van der Waals surface area contributed by atoms with Gasteiger partial charge in [-0.3, -0.25) is 4.79 Å². The molecule has 0 bridgehead atoms. The van der Waals surface area contributed by atoms with Crippen molar-refractivity contribution < 1.29 is 23.1 Å². The fourth-order valence-corrected chi connectivity index (χ4v) is 2.18. The van der Waals surface area contributed by atoms with Gasteiger partial charge in [-0.25, -0.2) is 0 Å². The molecular weight excluding hydrogens is 256 g/mol. The number of aryl methyl sites for hydroxylation is 2. The summed E-state index contributed by atoms with van der Waals surface area (Å²) in [5.74, 6) is -3.94. The predicted molar refractivity (Wildman–Crippen MR) is 63.8 cm³/mol. The maximum absolute atomic E-state index is 13.8. The largest absolute Gasteiger partial charge is 0.466 e. The molecule has 1 aliphatic rings. The quantitative estimate of drug-likeness (QED) is 0.882. The van der Waals surface area contributed by atoms with Gasteiger partial charge in [0.05, 0.1) is 0 Å². The van der Waals surface area contributed by atoms with Gasteiger partial charge in [-0.2, -0.15) is 8.78 Å². The SMILES string of the molecule is Cc1cc(CNC(=O)C(F)(F)C2(O)CCC2)c(C)o1. The number of rotatable bonds is 4. The van der Waals surface area contributed by atoms with Gasteiger partial charge in [-0.1, -0.05) is 0 Å². The number of amides is 1. The molecule has 1 aliphatic carbocycles. The molecule has 106 valence electrons. The molecule has 4 nitrogen and oxygen atoms in total. The van der Waals surface area contributed by atoms with Gasteiger partial charge in [-0.05, 0) is 39.2 Å². The Morgan fingerprint density at radius 1 is 1.53 bits per heavy atom. The highest BCUT2D eigenvalue weighted by molar-refractivity contribution is 5.85. The average Bonchev–Trinajstić information content (AvgIpc) is 2.61. The molecule has 6 heteroatoms. The Morgan fingerprint density at radius 2 is 2.16 bits per heavy atom. The third kappa shape index (κ3) is 2.36. The summed E-state index contributed by atoms with van der Waals surface area (Å²) in [6.07, 6.45) is 0.425. The molecule has 0 unspecified atom stereocenters. The molecule has 1 fully saturated rings. The molecule has 2 N–H and O–H groups in total. The lowest BCUT2D eigenvalue weighted by Gasteiger charge is -2.41. The molecular formula is C13H17F2NO3. The molecule has 1 saturated carbocycles. The molecule has 1 aromatic rings. The van der Waals surface area contributed by atoms with Crippen molar-refractivity contribution >= 4 is 5.91 Å². The predicted octanol–water partition coefficient (Wildman–Crippen LogP) is 2.06. The summed E-state index contributed by atoms with van der Waals surface area (Å²) >= 11 is 0. The fraction of sp³-hybridized carbons (Fsp3) is 0.615. The molecule has 0 aromatic carbocycles. The smallest absolute Gasteiger partial charge is 0.352 e. The van der Waals surface area contributed by atoms with E-state index in [1.54, 1.807) is 19.9 Å². The van der Waals surface area contributed by atoms with E-state index in [1.807, 2.05) is 0 Å². The van der Waals surface area contributed by atoms with Crippen LogP contribution in [0, 0.1) is 13.8 Å². The van der Waals surface area contributed by atoms with E-state index in [4.69, 9.17) is 4.42 Å². The first kappa shape index (κ1) is 14.0. The summed E-state index contributed by atoms with van der Waals surface area (Å²) in [5.41, 5.74) is -1.53. The minimum Gasteiger partial charge on any atom is -0.466 e. The van der Waals surface area contributed by atoms with Crippen LogP contribution in [-0.4, -0.2) is 22.5 Å². The summed E-state index contributed by atoms with van der Waals surface area (Å²) < 4.78 is 32.8. The lowest BCUT2D eigenvalue weighted by molar-refractivity contribution is -0.216. The van der Waals surface area contributed by atoms with Crippen molar-refractivity contribution in [2.75, 3.05) is 0 Å². The van der Waals surface area contributed by atoms with E-state index in [2.05, 4.69) is 5.32 Å². The number of carbonyl (C=O) groups excluding carboxylic acids is 1. The second kappa shape index (κ2) is 4.59. The first-order valence-electron chi connectivity index (χ1n) is 6.21. The topological polar surface area (TPSA) is 62.5 Å². The van der Waals surface area contributed by atoms with Gasteiger partial charge in [0, 0.05) is 12.1 Å². The summed E-state index contributed by atoms with van der Waals surface area (Å²) in [6.45, 7) is 3.41. The zero-order valence-corrected chi connectivity index (χ0v) is 10.9. The molecule has 1 amide bonds. The molecule has 0 atom stereocenters. The number of furan rings is 1. The zero-order chi connectivity index (χ0) is 14.3. The van der Waals surface area contributed by atoms with E-state index < -0.39 is 17.4 Å². The van der Waals surface area contributed by atoms with E-state index >= 15 is 0 Å². The standard InChI is InChI=1S/C13H17F2NO3/c1-8-6-10(9(2)19-8)7-16-11(17)13(14,15)12(18)4-3-5-12/h6,18H,3-5,7H2,1-2H3,(H,16,17). The van der Waals surface area contributed by atoms with E-state index in [0.29, 0.717) is 23.5 Å². The van der Waals surface area contributed by atoms with Gasteiger partial charge < -0.3 is 14.8 Å². The molecule has 0 saturated heterocycles. The summed E-state index contributed by atoms with van der Waals surface area (Å²) in [7, 11) is 0. The highest BCUT2D eigenvalue weighted by Crippen LogP contribution is 2.44. The highest BCUT2D eigenvalue weighted by Gasteiger charge is 2.61. The number of hydrogen-bond acceptors (Lipinski definition) is 3.